The average molecular weight is 942 g/mol. The molecule has 0 radical (unpaired) electrons. The number of anilines is 2. The van der Waals surface area contributed by atoms with E-state index in [1.165, 1.54) is 84.3 Å². The van der Waals surface area contributed by atoms with Crippen molar-refractivity contribution in [3.63, 3.8) is 0 Å². The maximum atomic E-state index is 13.6. The predicted octanol–water partition coefficient (Wildman–Crippen LogP) is 7.15. The third kappa shape index (κ3) is 11.2. The minimum atomic E-state index is -4.71. The fourth-order valence-corrected chi connectivity index (χ4v) is 7.01. The van der Waals surface area contributed by atoms with Gasteiger partial charge in [-0.1, -0.05) is 28.1 Å². The zero-order valence-electron chi connectivity index (χ0n) is 31.2. The van der Waals surface area contributed by atoms with Crippen molar-refractivity contribution in [2.75, 3.05) is 28.8 Å². The zero-order valence-corrected chi connectivity index (χ0v) is 33.6. The molecule has 0 fully saturated rings. The Morgan fingerprint density at radius 1 is 0.721 bits per heavy atom. The number of sulfone groups is 1. The molecule has 18 nitrogen and oxygen atoms in total. The second-order valence-corrected chi connectivity index (χ2v) is 16.0. The van der Waals surface area contributed by atoms with E-state index in [0.29, 0.717) is 5.56 Å². The normalized spacial score (nSPS) is 12.9. The smallest absolute Gasteiger partial charge is 0.378 e. The lowest BCUT2D eigenvalue weighted by Gasteiger charge is -2.20. The molecule has 6 heterocycles. The zero-order chi connectivity index (χ0) is 44.9. The second kappa shape index (κ2) is 18.4. The Kier molecular flexibility index (Phi) is 13.7. The minimum absolute atomic E-state index is 0.0204. The molecule has 4 N–H and O–H groups in total. The van der Waals surface area contributed by atoms with E-state index in [4.69, 9.17) is 11.5 Å². The highest BCUT2D eigenvalue weighted by Crippen LogP contribution is 2.39. The summed E-state index contributed by atoms with van der Waals surface area (Å²) in [6.07, 6.45) is -1.11. The molecule has 0 saturated heterocycles. The van der Waals surface area contributed by atoms with Gasteiger partial charge in [0.2, 0.25) is 11.6 Å². The van der Waals surface area contributed by atoms with Gasteiger partial charge >= 0.3 is 23.7 Å². The van der Waals surface area contributed by atoms with E-state index in [9.17, 15) is 55.0 Å². The van der Waals surface area contributed by atoms with Crippen molar-refractivity contribution < 1.29 is 44.6 Å². The van der Waals surface area contributed by atoms with Gasteiger partial charge in [-0.05, 0) is 49.2 Å². The summed E-state index contributed by atoms with van der Waals surface area (Å²) in [4.78, 5) is 36.8. The average Bonchev–Trinajstić information content (AvgIpc) is 3.87. The summed E-state index contributed by atoms with van der Waals surface area (Å²) in [6, 6.07) is 10.9. The van der Waals surface area contributed by atoms with E-state index in [1.54, 1.807) is 0 Å². The predicted molar refractivity (Wildman–Crippen MR) is 212 cm³/mol. The molecular weight excluding hydrogens is 910 g/mol. The van der Waals surface area contributed by atoms with Crippen LogP contribution in [0, 0.1) is 20.2 Å². The van der Waals surface area contributed by atoms with Crippen LogP contribution in [0.15, 0.2) is 85.7 Å². The molecule has 0 aromatic carbocycles. The topological polar surface area (TPSA) is 260 Å². The van der Waals surface area contributed by atoms with Crippen molar-refractivity contribution in [3.8, 4) is 33.9 Å². The number of nitrogen functional groups attached to an aromatic ring is 2. The first-order chi connectivity index (χ1) is 28.6. The molecule has 0 spiro atoms. The van der Waals surface area contributed by atoms with Crippen molar-refractivity contribution in [1.29, 1.82) is 0 Å². The van der Waals surface area contributed by atoms with Crippen LogP contribution >= 0.6 is 15.9 Å². The van der Waals surface area contributed by atoms with Crippen LogP contribution < -0.4 is 11.5 Å². The Hall–Kier alpha value is -6.57. The van der Waals surface area contributed by atoms with Gasteiger partial charge in [-0.15, -0.1) is 0 Å². The summed E-state index contributed by atoms with van der Waals surface area (Å²) in [5.74, 6) is -4.83. The number of nitro groups is 2. The molecule has 6 aromatic rings. The molecule has 6 rings (SSSR count). The monoisotopic (exact) mass is 940 g/mol. The summed E-state index contributed by atoms with van der Waals surface area (Å²) >= 11 is 3.04. The fourth-order valence-electron chi connectivity index (χ4n) is 5.89. The molecule has 322 valence electrons. The third-order valence-electron chi connectivity index (χ3n) is 8.72. The maximum Gasteiger partial charge on any atom is 0.397 e. The fraction of sp³-hybridized carbons (Fsp3) is 0.257. The lowest BCUT2D eigenvalue weighted by atomic mass is 10.0. The molecule has 0 aliphatic carbocycles. The van der Waals surface area contributed by atoms with Gasteiger partial charge in [-0.2, -0.15) is 36.5 Å². The van der Waals surface area contributed by atoms with Crippen LogP contribution in [0.4, 0.5) is 49.4 Å². The number of halogens is 7. The lowest BCUT2D eigenvalue weighted by Crippen LogP contribution is -2.24. The number of nitrogens with two attached hydrogens (primary N) is 2. The van der Waals surface area contributed by atoms with E-state index in [0.717, 1.165) is 17.0 Å². The third-order valence-corrected chi connectivity index (χ3v) is 10.2. The Balaban J connectivity index is 0.000000232. The van der Waals surface area contributed by atoms with Crippen molar-refractivity contribution >= 4 is 48.8 Å². The Bertz CT molecular complexity index is 2660. The highest BCUT2D eigenvalue weighted by molar-refractivity contribution is 9.09. The van der Waals surface area contributed by atoms with E-state index in [1.807, 2.05) is 0 Å². The van der Waals surface area contributed by atoms with E-state index in [2.05, 4.69) is 46.1 Å². The number of nitrogens with zero attached hydrogens (tertiary/aromatic N) is 10. The maximum absolute atomic E-state index is 13.6. The Morgan fingerprint density at radius 2 is 1.13 bits per heavy atom. The van der Waals surface area contributed by atoms with Crippen molar-refractivity contribution in [1.82, 2.24) is 39.5 Å². The molecule has 0 aliphatic rings. The standard InChI is InChI=1S/C18H17F3N6O4S.C17H14BrF3N6O2/c1-32(30,31)8-6-13(18(19,20)21)14-3-2-4-15(25-14)26-10-11(9-24-26)12-5-7-23-17(22)16(12)27(28)29;18-6-4-12(17(19,20)21)13-2-1-3-14(25-13)26-9-10(8-24-26)11-5-7-23-16(22)15(11)27(28)29/h2-5,7,9-10,13H,6,8H2,1H3,(H2,22,23);1-3,5,7-9,12H,4,6H2,(H2,22,23). The largest absolute Gasteiger partial charge is 0.397 e. The van der Waals surface area contributed by atoms with E-state index < -0.39 is 61.7 Å². The van der Waals surface area contributed by atoms with E-state index in [-0.39, 0.29) is 68.8 Å². The molecular formula is C35H31BrF6N12O6S. The van der Waals surface area contributed by atoms with Crippen molar-refractivity contribution in [3.05, 3.63) is 117 Å². The summed E-state index contributed by atoms with van der Waals surface area (Å²) in [7, 11) is -3.61. The molecule has 61 heavy (non-hydrogen) atoms. The molecule has 2 atom stereocenters. The van der Waals surface area contributed by atoms with Crippen LogP contribution in [0.3, 0.4) is 0 Å². The van der Waals surface area contributed by atoms with Gasteiger partial charge in [0.15, 0.2) is 11.6 Å². The van der Waals surface area contributed by atoms with E-state index >= 15 is 0 Å². The van der Waals surface area contributed by atoms with Gasteiger partial charge in [0, 0.05) is 47.5 Å². The van der Waals surface area contributed by atoms with Gasteiger partial charge in [0.25, 0.3) is 0 Å². The molecule has 0 bridgehead atoms. The number of alkyl halides is 7. The first-order valence-corrected chi connectivity index (χ1v) is 20.5. The summed E-state index contributed by atoms with van der Waals surface area (Å²) in [5, 5.41) is 30.9. The number of aromatic nitrogens is 8. The molecule has 0 saturated carbocycles. The molecule has 0 amide bonds. The van der Waals surface area contributed by atoms with Gasteiger partial charge in [0.1, 0.15) is 9.84 Å². The number of pyridine rings is 4. The molecule has 26 heteroatoms. The quantitative estimate of drug-likeness (QED) is 0.0504. The molecule has 2 unspecified atom stereocenters. The summed E-state index contributed by atoms with van der Waals surface area (Å²) in [6.45, 7) is 0. The van der Waals surface area contributed by atoms with Gasteiger partial charge in [-0.25, -0.2) is 37.7 Å². The second-order valence-electron chi connectivity index (χ2n) is 13.0. The van der Waals surface area contributed by atoms with Crippen LogP contribution in [0.25, 0.3) is 33.9 Å². The summed E-state index contributed by atoms with van der Waals surface area (Å²) < 4.78 is 106. The van der Waals surface area contributed by atoms with Crippen LogP contribution in [0.1, 0.15) is 36.1 Å². The number of rotatable bonds is 13. The van der Waals surface area contributed by atoms with Crippen LogP contribution in [0.2, 0.25) is 0 Å². The van der Waals surface area contributed by atoms with Gasteiger partial charge in [0.05, 0.1) is 62.3 Å². The van der Waals surface area contributed by atoms with Crippen molar-refractivity contribution in [2.45, 2.75) is 37.0 Å². The first-order valence-electron chi connectivity index (χ1n) is 17.3. The Morgan fingerprint density at radius 3 is 1.49 bits per heavy atom. The number of hydrogen-bond acceptors (Lipinski definition) is 14. The first kappa shape index (κ1) is 45.5. The SMILES string of the molecule is CS(=O)(=O)CCC(c1cccc(-n2cc(-c3ccnc(N)c3[N+](=O)[O-])cn2)n1)C(F)(F)F.Nc1nccc(-c2cnn(-c3cccc(C(CCBr)C(F)(F)F)n3)c2)c1[N+](=O)[O-]. The highest BCUT2D eigenvalue weighted by Gasteiger charge is 2.42. The van der Waals surface area contributed by atoms with Crippen molar-refractivity contribution in [2.24, 2.45) is 0 Å². The lowest BCUT2D eigenvalue weighted by molar-refractivity contribution is -0.383. The Labute approximate surface area is 349 Å². The highest BCUT2D eigenvalue weighted by atomic mass is 79.9. The van der Waals surface area contributed by atoms with Crippen LogP contribution in [0.5, 0.6) is 0 Å². The van der Waals surface area contributed by atoms with Gasteiger partial charge < -0.3 is 11.5 Å². The minimum Gasteiger partial charge on any atom is -0.378 e. The van der Waals surface area contributed by atoms with Gasteiger partial charge in [-0.3, -0.25) is 20.2 Å². The number of hydrogen-bond donors (Lipinski definition) is 2. The van der Waals surface area contributed by atoms with Crippen LogP contribution in [-0.4, -0.2) is 87.5 Å². The summed E-state index contributed by atoms with van der Waals surface area (Å²) in [5.41, 5.74) is 10.8. The molecule has 0 aliphatic heterocycles. The van der Waals surface area contributed by atoms with Crippen LogP contribution in [-0.2, 0) is 9.84 Å². The molecule has 6 aromatic heterocycles.